The normalized spacial score (nSPS) is 9.69. The highest BCUT2D eigenvalue weighted by molar-refractivity contribution is 5.55. The number of ether oxygens (including phenoxy) is 1. The van der Waals surface area contributed by atoms with E-state index in [1.54, 1.807) is 6.07 Å². The summed E-state index contributed by atoms with van der Waals surface area (Å²) < 4.78 is 27.6. The first-order valence-corrected chi connectivity index (χ1v) is 3.24. The first-order chi connectivity index (χ1) is 6.15. The molecule has 0 aliphatic heterocycles. The number of rotatable bonds is 2. The molecular formula is C7H5F2N3O. The first kappa shape index (κ1) is 9.19. The van der Waals surface area contributed by atoms with E-state index in [0.717, 1.165) is 0 Å². The highest BCUT2D eigenvalue weighted by Crippen LogP contribution is 2.24. The van der Waals surface area contributed by atoms with Crippen LogP contribution in [0.3, 0.4) is 0 Å². The van der Waals surface area contributed by atoms with E-state index in [0.29, 0.717) is 0 Å². The minimum atomic E-state index is -3.02. The van der Waals surface area contributed by atoms with E-state index in [-0.39, 0.29) is 17.1 Å². The molecule has 0 unspecified atom stereocenters. The minimum Gasteiger partial charge on any atom is -0.429 e. The van der Waals surface area contributed by atoms with Crippen LogP contribution in [0.15, 0.2) is 12.3 Å². The Morgan fingerprint density at radius 3 is 2.85 bits per heavy atom. The Hall–Kier alpha value is -1.90. The Morgan fingerprint density at radius 2 is 2.31 bits per heavy atom. The zero-order valence-corrected chi connectivity index (χ0v) is 6.37. The largest absolute Gasteiger partial charge is 0.429 e. The first-order valence-electron chi connectivity index (χ1n) is 3.24. The molecule has 0 aliphatic rings. The topological polar surface area (TPSA) is 71.9 Å². The molecule has 1 heterocycles. The van der Waals surface area contributed by atoms with Gasteiger partial charge < -0.3 is 10.5 Å². The van der Waals surface area contributed by atoms with E-state index in [9.17, 15) is 8.78 Å². The van der Waals surface area contributed by atoms with E-state index >= 15 is 0 Å². The van der Waals surface area contributed by atoms with Crippen LogP contribution >= 0.6 is 0 Å². The third-order valence-corrected chi connectivity index (χ3v) is 1.26. The van der Waals surface area contributed by atoms with E-state index in [2.05, 4.69) is 9.72 Å². The van der Waals surface area contributed by atoms with Crippen molar-refractivity contribution < 1.29 is 13.5 Å². The Labute approximate surface area is 72.6 Å². The van der Waals surface area contributed by atoms with Crippen LogP contribution in [0.1, 0.15) is 5.56 Å². The molecule has 1 aromatic heterocycles. The second-order valence-corrected chi connectivity index (χ2v) is 2.06. The van der Waals surface area contributed by atoms with Gasteiger partial charge in [0.25, 0.3) is 0 Å². The molecule has 0 aromatic carbocycles. The van der Waals surface area contributed by atoms with Gasteiger partial charge in [0.15, 0.2) is 11.6 Å². The zero-order valence-electron chi connectivity index (χ0n) is 6.37. The predicted octanol–water partition coefficient (Wildman–Crippen LogP) is 1.14. The number of halogens is 2. The van der Waals surface area contributed by atoms with Crippen molar-refractivity contribution >= 4 is 5.82 Å². The molecule has 0 saturated carbocycles. The molecule has 0 saturated heterocycles. The van der Waals surface area contributed by atoms with Crippen LogP contribution in [-0.2, 0) is 0 Å². The summed E-state index contributed by atoms with van der Waals surface area (Å²) in [6.07, 6.45) is 1.24. The van der Waals surface area contributed by atoms with Gasteiger partial charge in [0, 0.05) is 6.20 Å². The molecule has 68 valence electrons. The summed E-state index contributed by atoms with van der Waals surface area (Å²) in [5.41, 5.74) is 5.16. The quantitative estimate of drug-likeness (QED) is 0.749. The molecule has 4 nitrogen and oxygen atoms in total. The molecule has 0 atom stereocenters. The second kappa shape index (κ2) is 3.67. The van der Waals surface area contributed by atoms with Crippen molar-refractivity contribution in [2.75, 3.05) is 5.73 Å². The maximum absolute atomic E-state index is 11.8. The lowest BCUT2D eigenvalue weighted by atomic mass is 10.2. The number of nitrogen functional groups attached to an aromatic ring is 1. The van der Waals surface area contributed by atoms with Crippen LogP contribution in [0.5, 0.6) is 5.75 Å². The molecule has 2 N–H and O–H groups in total. The molecule has 0 bridgehead atoms. The maximum atomic E-state index is 11.8. The molecule has 1 aromatic rings. The third-order valence-electron chi connectivity index (χ3n) is 1.26. The van der Waals surface area contributed by atoms with Crippen LogP contribution in [0.25, 0.3) is 0 Å². The fourth-order valence-corrected chi connectivity index (χ4v) is 0.765. The lowest BCUT2D eigenvalue weighted by Gasteiger charge is -2.07. The molecular weight excluding hydrogens is 180 g/mol. The summed E-state index contributed by atoms with van der Waals surface area (Å²) in [6, 6.07) is 2.91. The summed E-state index contributed by atoms with van der Waals surface area (Å²) >= 11 is 0. The van der Waals surface area contributed by atoms with Crippen molar-refractivity contribution in [1.82, 2.24) is 4.98 Å². The minimum absolute atomic E-state index is 0.0622. The standard InChI is InChI=1S/C7H5F2N3O/c8-7(9)13-5-4(3-10)1-2-12-6(5)11/h1-2,7H,(H2,11,12). The fourth-order valence-electron chi connectivity index (χ4n) is 0.765. The van der Waals surface area contributed by atoms with Gasteiger partial charge in [0.2, 0.25) is 0 Å². The number of nitrogens with zero attached hydrogens (tertiary/aromatic N) is 2. The van der Waals surface area contributed by atoms with Crippen molar-refractivity contribution in [3.63, 3.8) is 0 Å². The highest BCUT2D eigenvalue weighted by atomic mass is 19.3. The van der Waals surface area contributed by atoms with Crippen molar-refractivity contribution in [1.29, 1.82) is 5.26 Å². The molecule has 0 aliphatic carbocycles. The molecule has 1 rings (SSSR count). The van der Waals surface area contributed by atoms with Crippen LogP contribution in [0, 0.1) is 11.3 Å². The smallest absolute Gasteiger partial charge is 0.387 e. The number of alkyl halides is 2. The van der Waals surface area contributed by atoms with Crippen molar-refractivity contribution in [3.8, 4) is 11.8 Å². The van der Waals surface area contributed by atoms with Crippen LogP contribution in [0.4, 0.5) is 14.6 Å². The van der Waals surface area contributed by atoms with Crippen molar-refractivity contribution in [2.45, 2.75) is 6.61 Å². The fraction of sp³-hybridized carbons (Fsp3) is 0.143. The summed E-state index contributed by atoms with van der Waals surface area (Å²) in [5, 5.41) is 8.50. The summed E-state index contributed by atoms with van der Waals surface area (Å²) in [4.78, 5) is 3.51. The SMILES string of the molecule is N#Cc1ccnc(N)c1OC(F)F. The lowest BCUT2D eigenvalue weighted by molar-refractivity contribution is -0.0497. The average Bonchev–Trinajstić information content (AvgIpc) is 2.08. The van der Waals surface area contributed by atoms with Gasteiger partial charge in [-0.05, 0) is 6.07 Å². The average molecular weight is 185 g/mol. The van der Waals surface area contributed by atoms with E-state index in [1.165, 1.54) is 12.3 Å². The Bertz CT molecular complexity index is 348. The number of nitriles is 1. The number of aromatic nitrogens is 1. The molecule has 6 heteroatoms. The summed E-state index contributed by atoms with van der Waals surface area (Å²) in [6.45, 7) is -3.02. The molecule has 13 heavy (non-hydrogen) atoms. The zero-order chi connectivity index (χ0) is 9.84. The van der Waals surface area contributed by atoms with Crippen LogP contribution in [-0.4, -0.2) is 11.6 Å². The number of hydrogen-bond donors (Lipinski definition) is 1. The Morgan fingerprint density at radius 1 is 1.62 bits per heavy atom. The predicted molar refractivity (Wildman–Crippen MR) is 40.0 cm³/mol. The molecule has 0 spiro atoms. The molecule has 0 fully saturated rings. The number of hydrogen-bond acceptors (Lipinski definition) is 4. The van der Waals surface area contributed by atoms with Crippen molar-refractivity contribution in [2.24, 2.45) is 0 Å². The van der Waals surface area contributed by atoms with Crippen LogP contribution in [0.2, 0.25) is 0 Å². The van der Waals surface area contributed by atoms with E-state index in [1.807, 2.05) is 0 Å². The number of nitrogens with two attached hydrogens (primary N) is 1. The van der Waals surface area contributed by atoms with E-state index in [4.69, 9.17) is 11.0 Å². The van der Waals surface area contributed by atoms with Gasteiger partial charge in [-0.15, -0.1) is 0 Å². The second-order valence-electron chi connectivity index (χ2n) is 2.06. The van der Waals surface area contributed by atoms with E-state index < -0.39 is 6.61 Å². The maximum Gasteiger partial charge on any atom is 0.387 e. The van der Waals surface area contributed by atoms with Gasteiger partial charge >= 0.3 is 6.61 Å². The number of anilines is 1. The third kappa shape index (κ3) is 2.02. The van der Waals surface area contributed by atoms with Gasteiger partial charge in [0.05, 0.1) is 5.56 Å². The van der Waals surface area contributed by atoms with Gasteiger partial charge in [0.1, 0.15) is 6.07 Å². The Balaban J connectivity index is 3.10. The van der Waals surface area contributed by atoms with Gasteiger partial charge in [-0.3, -0.25) is 0 Å². The molecule has 0 amide bonds. The Kier molecular flexibility index (Phi) is 2.59. The molecule has 0 radical (unpaired) electrons. The van der Waals surface area contributed by atoms with Gasteiger partial charge in [-0.1, -0.05) is 0 Å². The monoisotopic (exact) mass is 185 g/mol. The highest BCUT2D eigenvalue weighted by Gasteiger charge is 2.13. The van der Waals surface area contributed by atoms with Crippen LogP contribution < -0.4 is 10.5 Å². The number of pyridine rings is 1. The van der Waals surface area contributed by atoms with Gasteiger partial charge in [-0.25, -0.2) is 4.98 Å². The summed E-state index contributed by atoms with van der Waals surface area (Å²) in [7, 11) is 0. The van der Waals surface area contributed by atoms with Crippen molar-refractivity contribution in [3.05, 3.63) is 17.8 Å². The van der Waals surface area contributed by atoms with Gasteiger partial charge in [-0.2, -0.15) is 14.0 Å². The lowest BCUT2D eigenvalue weighted by Crippen LogP contribution is -2.07. The summed E-state index contributed by atoms with van der Waals surface area (Å²) in [5.74, 6) is -0.598.